The number of hydrogen-bond donors (Lipinski definition) is 1. The molecular formula is C17H26N2O. The van der Waals surface area contributed by atoms with Gasteiger partial charge >= 0.3 is 0 Å². The zero-order chi connectivity index (χ0) is 20.6. The highest BCUT2D eigenvalue weighted by Gasteiger charge is 2.28. The van der Waals surface area contributed by atoms with Crippen LogP contribution in [0.4, 0.5) is 5.69 Å². The van der Waals surface area contributed by atoms with Crippen molar-refractivity contribution >= 4 is 11.6 Å². The van der Waals surface area contributed by atoms with Gasteiger partial charge in [-0.05, 0) is 57.2 Å². The van der Waals surface area contributed by atoms with Crippen molar-refractivity contribution in [1.82, 2.24) is 4.90 Å². The zero-order valence-corrected chi connectivity index (χ0v) is 12.0. The van der Waals surface area contributed by atoms with Crippen LogP contribution in [0.1, 0.15) is 53.2 Å². The third-order valence-electron chi connectivity index (χ3n) is 3.73. The van der Waals surface area contributed by atoms with E-state index in [-0.39, 0.29) is 6.54 Å². The Morgan fingerprint density at radius 2 is 2.20 bits per heavy atom. The van der Waals surface area contributed by atoms with Crippen molar-refractivity contribution in [3.05, 3.63) is 29.3 Å². The second-order valence-corrected chi connectivity index (χ2v) is 5.20. The molecule has 3 nitrogen and oxygen atoms in total. The molecule has 20 heavy (non-hydrogen) atoms. The number of hydrogen-bond acceptors (Lipinski definition) is 2. The van der Waals surface area contributed by atoms with E-state index in [9.17, 15) is 4.79 Å². The summed E-state index contributed by atoms with van der Waals surface area (Å²) in [6, 6.07) is 4.64. The Morgan fingerprint density at radius 1 is 1.45 bits per heavy atom. The van der Waals surface area contributed by atoms with E-state index in [1.54, 1.807) is 0 Å². The molecule has 1 aromatic carbocycles. The maximum Gasteiger partial charge on any atom is 0.241 e. The number of amides is 1. The molecule has 1 N–H and O–H groups in total. The lowest BCUT2D eigenvalue weighted by Crippen LogP contribution is -2.47. The molecule has 1 saturated heterocycles. The van der Waals surface area contributed by atoms with Gasteiger partial charge in [0.25, 0.3) is 0 Å². The maximum absolute atomic E-state index is 12.9. The molecule has 0 unspecified atom stereocenters. The number of carbonyl (C=O) groups excluding carboxylic acids is 1. The lowest BCUT2D eigenvalue weighted by molar-refractivity contribution is -0.122. The highest BCUT2D eigenvalue weighted by atomic mass is 16.2. The quantitative estimate of drug-likeness (QED) is 0.916. The van der Waals surface area contributed by atoms with Gasteiger partial charge in [0.1, 0.15) is 0 Å². The summed E-state index contributed by atoms with van der Waals surface area (Å²) >= 11 is 0. The third kappa shape index (κ3) is 3.40. The third-order valence-corrected chi connectivity index (χ3v) is 3.73. The smallest absolute Gasteiger partial charge is 0.241 e. The normalized spacial score (nSPS) is 27.1. The van der Waals surface area contributed by atoms with Gasteiger partial charge in [0.2, 0.25) is 5.91 Å². The number of rotatable bonds is 4. The van der Waals surface area contributed by atoms with Gasteiger partial charge in [-0.1, -0.05) is 31.5 Å². The van der Waals surface area contributed by atoms with E-state index in [1.165, 1.54) is 0 Å². The van der Waals surface area contributed by atoms with Crippen LogP contribution in [0, 0.1) is 13.8 Å². The molecule has 1 fully saturated rings. The van der Waals surface area contributed by atoms with Crippen molar-refractivity contribution in [2.45, 2.75) is 52.4 Å². The molecule has 0 aliphatic carbocycles. The highest BCUT2D eigenvalue weighted by Crippen LogP contribution is 2.23. The van der Waals surface area contributed by atoms with Crippen molar-refractivity contribution in [2.75, 3.05) is 18.4 Å². The van der Waals surface area contributed by atoms with Crippen molar-refractivity contribution in [2.24, 2.45) is 0 Å². The number of para-hydroxylation sites is 1. The van der Waals surface area contributed by atoms with Crippen molar-refractivity contribution < 1.29 is 14.4 Å². The largest absolute Gasteiger partial charge is 0.324 e. The molecule has 0 radical (unpaired) electrons. The van der Waals surface area contributed by atoms with Crippen LogP contribution in [-0.4, -0.2) is 29.9 Å². The van der Waals surface area contributed by atoms with Gasteiger partial charge in [-0.15, -0.1) is 0 Å². The number of likely N-dealkylation sites (tertiary alicyclic amines) is 1. The predicted molar refractivity (Wildman–Crippen MR) is 84.0 cm³/mol. The van der Waals surface area contributed by atoms with Gasteiger partial charge < -0.3 is 5.32 Å². The van der Waals surface area contributed by atoms with Gasteiger partial charge in [-0.2, -0.15) is 0 Å². The van der Waals surface area contributed by atoms with Gasteiger partial charge in [0, 0.05) is 15.3 Å². The second-order valence-electron chi connectivity index (χ2n) is 5.20. The van der Waals surface area contributed by atoms with E-state index >= 15 is 0 Å². The van der Waals surface area contributed by atoms with Gasteiger partial charge in [0.15, 0.2) is 0 Å². The van der Waals surface area contributed by atoms with Crippen molar-refractivity contribution in [3.8, 4) is 0 Å². The van der Waals surface area contributed by atoms with E-state index in [2.05, 4.69) is 5.32 Å². The Labute approximate surface area is 132 Å². The van der Waals surface area contributed by atoms with E-state index < -0.39 is 31.7 Å². The Morgan fingerprint density at radius 3 is 2.90 bits per heavy atom. The van der Waals surface area contributed by atoms with Crippen molar-refractivity contribution in [3.63, 3.8) is 0 Å². The Hall–Kier alpha value is -1.35. The summed E-state index contributed by atoms with van der Waals surface area (Å²) < 4.78 is 54.5. The van der Waals surface area contributed by atoms with E-state index in [1.807, 2.05) is 32.0 Å². The fourth-order valence-corrected chi connectivity index (χ4v) is 2.63. The highest BCUT2D eigenvalue weighted by molar-refractivity contribution is 5.96. The van der Waals surface area contributed by atoms with E-state index in [0.29, 0.717) is 24.9 Å². The van der Waals surface area contributed by atoms with Gasteiger partial charge in [0.05, 0.1) is 6.04 Å². The summed E-state index contributed by atoms with van der Waals surface area (Å²) in [6.07, 6.45) is -1.51. The number of carbonyl (C=O) groups is 1. The van der Waals surface area contributed by atoms with Crippen LogP contribution in [0.5, 0.6) is 0 Å². The summed E-state index contributed by atoms with van der Waals surface area (Å²) in [5, 5.41) is 2.83. The van der Waals surface area contributed by atoms with E-state index in [0.717, 1.165) is 16.0 Å². The maximum atomic E-state index is 12.9. The molecule has 1 aromatic rings. The minimum atomic E-state index is -3.15. The Balaban J connectivity index is 2.33. The topological polar surface area (TPSA) is 32.3 Å². The van der Waals surface area contributed by atoms with E-state index in [4.69, 9.17) is 9.60 Å². The standard InChI is InChI=1S/C17H26N2O/c1-4-11-19-12-6-5-10-15(19)17(20)18-16-13(2)8-7-9-14(16)3/h7-9,15H,4-6,10-12H2,1-3H3,(H,18,20)/t15-/m1/s1/i1D3,4D2,11D2. The molecule has 1 atom stereocenters. The van der Waals surface area contributed by atoms with Crippen molar-refractivity contribution in [1.29, 1.82) is 0 Å². The number of nitrogens with one attached hydrogen (secondary N) is 1. The number of benzene rings is 1. The molecule has 1 aliphatic heterocycles. The number of aryl methyl sites for hydroxylation is 2. The summed E-state index contributed by atoms with van der Waals surface area (Å²) in [5.74, 6) is -0.447. The molecule has 0 spiro atoms. The van der Waals surface area contributed by atoms with Gasteiger partial charge in [-0.3, -0.25) is 9.69 Å². The molecule has 1 aliphatic rings. The summed E-state index contributed by atoms with van der Waals surface area (Å²) in [5.41, 5.74) is 2.38. The van der Waals surface area contributed by atoms with Crippen LogP contribution in [0.2, 0.25) is 0 Å². The average Bonchev–Trinajstić information content (AvgIpc) is 2.57. The summed E-state index contributed by atoms with van der Waals surface area (Å²) in [7, 11) is 0. The molecule has 2 rings (SSSR count). The first-order chi connectivity index (χ1) is 12.3. The Kier molecular flexibility index (Phi) is 2.82. The van der Waals surface area contributed by atoms with Crippen LogP contribution in [0.3, 0.4) is 0 Å². The fourth-order valence-electron chi connectivity index (χ4n) is 2.63. The molecule has 0 bridgehead atoms. The summed E-state index contributed by atoms with van der Waals surface area (Å²) in [4.78, 5) is 14.0. The number of piperidine rings is 1. The number of anilines is 1. The SMILES string of the molecule is [2H]C([2H])([2H])C([2H])([2H])C([2H])([2H])N1CCCC[C@@H]1C(=O)Nc1c(C)cccc1C. The molecule has 0 aromatic heterocycles. The summed E-state index contributed by atoms with van der Waals surface area (Å²) in [6.45, 7) is -2.14. The molecule has 1 heterocycles. The van der Waals surface area contributed by atoms with Crippen LogP contribution in [0.25, 0.3) is 0 Å². The molecule has 1 amide bonds. The average molecular weight is 281 g/mol. The first-order valence-electron chi connectivity index (χ1n) is 10.4. The minimum Gasteiger partial charge on any atom is -0.324 e. The lowest BCUT2D eigenvalue weighted by atomic mass is 10.0. The molecule has 110 valence electrons. The Bertz CT molecular complexity index is 683. The zero-order valence-electron chi connectivity index (χ0n) is 19.0. The van der Waals surface area contributed by atoms with Crippen LogP contribution in [0.15, 0.2) is 18.2 Å². The molecule has 0 saturated carbocycles. The monoisotopic (exact) mass is 281 g/mol. The second kappa shape index (κ2) is 6.89. The molecule has 3 heteroatoms. The molecular weight excluding hydrogens is 248 g/mol. The minimum absolute atomic E-state index is 0.118. The first kappa shape index (κ1) is 8.18. The van der Waals surface area contributed by atoms with Crippen LogP contribution in [-0.2, 0) is 4.79 Å². The fraction of sp³-hybridized carbons (Fsp3) is 0.588. The first-order valence-corrected chi connectivity index (χ1v) is 6.94. The lowest BCUT2D eigenvalue weighted by Gasteiger charge is -2.34. The predicted octanol–water partition coefficient (Wildman–Crippen LogP) is 3.51. The number of nitrogens with zero attached hydrogens (tertiary/aromatic N) is 1. The van der Waals surface area contributed by atoms with Gasteiger partial charge in [-0.25, -0.2) is 0 Å². The van der Waals surface area contributed by atoms with Crippen LogP contribution >= 0.6 is 0 Å². The van der Waals surface area contributed by atoms with Crippen LogP contribution < -0.4 is 5.32 Å².